The Morgan fingerprint density at radius 2 is 1.96 bits per heavy atom. The van der Waals surface area contributed by atoms with Crippen molar-refractivity contribution >= 4 is 15.9 Å². The molecule has 0 bridgehead atoms. The molecule has 3 rings (SSSR count). The average molecular weight is 403 g/mol. The van der Waals surface area contributed by atoms with Gasteiger partial charge in [0, 0.05) is 19.2 Å². The second kappa shape index (κ2) is 8.75. The number of carbonyl (C=O) groups is 1. The average Bonchev–Trinajstić information content (AvgIpc) is 3.20. The highest BCUT2D eigenvalue weighted by molar-refractivity contribution is 7.89. The summed E-state index contributed by atoms with van der Waals surface area (Å²) in [5.41, 5.74) is 1.77. The second-order valence-electron chi connectivity index (χ2n) is 6.93. The lowest BCUT2D eigenvalue weighted by Crippen LogP contribution is -2.46. The van der Waals surface area contributed by atoms with E-state index in [1.54, 1.807) is 19.1 Å². The number of benzene rings is 2. The number of rotatable bonds is 7. The molecule has 0 saturated carbocycles. The van der Waals surface area contributed by atoms with Crippen molar-refractivity contribution in [3.8, 4) is 5.75 Å². The maximum absolute atomic E-state index is 13.2. The molecule has 1 heterocycles. The molecule has 150 valence electrons. The minimum Gasteiger partial charge on any atom is -0.497 e. The third kappa shape index (κ3) is 4.36. The SMILES string of the molecule is COc1ccc(C)c(S(=O)(=O)N2CCC[C@@H]2C(=O)NCCc2ccccc2)c1. The smallest absolute Gasteiger partial charge is 0.244 e. The fourth-order valence-corrected chi connectivity index (χ4v) is 5.39. The van der Waals surface area contributed by atoms with Gasteiger partial charge in [0.05, 0.1) is 12.0 Å². The fraction of sp³-hybridized carbons (Fsp3) is 0.381. The molecule has 28 heavy (non-hydrogen) atoms. The molecule has 0 aliphatic carbocycles. The van der Waals surface area contributed by atoms with Crippen molar-refractivity contribution in [2.75, 3.05) is 20.2 Å². The first-order chi connectivity index (χ1) is 13.4. The summed E-state index contributed by atoms with van der Waals surface area (Å²) in [4.78, 5) is 12.9. The molecule has 2 aromatic carbocycles. The molecule has 1 aliphatic rings. The molecule has 1 N–H and O–H groups in total. The Bertz CT molecular complexity index is 929. The van der Waals surface area contributed by atoms with E-state index in [0.717, 1.165) is 5.56 Å². The highest BCUT2D eigenvalue weighted by Crippen LogP contribution is 2.30. The first-order valence-corrected chi connectivity index (χ1v) is 10.9. The number of hydrogen-bond acceptors (Lipinski definition) is 4. The van der Waals surface area contributed by atoms with Crippen LogP contribution in [0.15, 0.2) is 53.4 Å². The van der Waals surface area contributed by atoms with Gasteiger partial charge < -0.3 is 10.1 Å². The molecule has 0 spiro atoms. The van der Waals surface area contributed by atoms with Gasteiger partial charge in [-0.05, 0) is 43.4 Å². The third-order valence-electron chi connectivity index (χ3n) is 5.04. The Balaban J connectivity index is 1.72. The van der Waals surface area contributed by atoms with E-state index in [1.165, 1.54) is 17.5 Å². The number of nitrogens with one attached hydrogen (secondary N) is 1. The minimum atomic E-state index is -3.78. The number of nitrogens with zero attached hydrogens (tertiary/aromatic N) is 1. The lowest BCUT2D eigenvalue weighted by atomic mass is 10.1. The number of ether oxygens (including phenoxy) is 1. The van der Waals surface area contributed by atoms with Crippen molar-refractivity contribution < 1.29 is 17.9 Å². The molecule has 2 aromatic rings. The summed E-state index contributed by atoms with van der Waals surface area (Å²) in [5, 5.41) is 2.89. The summed E-state index contributed by atoms with van der Waals surface area (Å²) < 4.78 is 32.9. The van der Waals surface area contributed by atoms with Crippen LogP contribution in [0.2, 0.25) is 0 Å². The van der Waals surface area contributed by atoms with E-state index in [9.17, 15) is 13.2 Å². The highest BCUT2D eigenvalue weighted by Gasteiger charge is 2.40. The zero-order chi connectivity index (χ0) is 20.1. The van der Waals surface area contributed by atoms with Crippen LogP contribution >= 0.6 is 0 Å². The predicted molar refractivity (Wildman–Crippen MR) is 108 cm³/mol. The molecule has 1 atom stereocenters. The molecule has 1 amide bonds. The van der Waals surface area contributed by atoms with E-state index >= 15 is 0 Å². The Morgan fingerprint density at radius 1 is 1.21 bits per heavy atom. The van der Waals surface area contributed by atoms with E-state index in [4.69, 9.17) is 4.74 Å². The van der Waals surface area contributed by atoms with Gasteiger partial charge >= 0.3 is 0 Å². The topological polar surface area (TPSA) is 75.7 Å². The predicted octanol–water partition coefficient (Wildman–Crippen LogP) is 2.52. The third-order valence-corrected chi connectivity index (χ3v) is 7.09. The summed E-state index contributed by atoms with van der Waals surface area (Å²) in [5.74, 6) is 0.241. The Hall–Kier alpha value is -2.38. The summed E-state index contributed by atoms with van der Waals surface area (Å²) in [7, 11) is -2.28. The van der Waals surface area contributed by atoms with Crippen molar-refractivity contribution in [1.29, 1.82) is 0 Å². The molecular formula is C21H26N2O4S. The first-order valence-electron chi connectivity index (χ1n) is 9.41. The summed E-state index contributed by atoms with van der Waals surface area (Å²) >= 11 is 0. The van der Waals surface area contributed by atoms with Crippen LogP contribution in [0, 0.1) is 6.92 Å². The quantitative estimate of drug-likeness (QED) is 0.772. The largest absolute Gasteiger partial charge is 0.497 e. The molecule has 7 heteroatoms. The van der Waals surface area contributed by atoms with Gasteiger partial charge in [-0.15, -0.1) is 0 Å². The van der Waals surface area contributed by atoms with Crippen LogP contribution in [0.25, 0.3) is 0 Å². The first kappa shape index (κ1) is 20.4. The van der Waals surface area contributed by atoms with E-state index in [2.05, 4.69) is 5.32 Å². The molecule has 1 fully saturated rings. The molecule has 6 nitrogen and oxygen atoms in total. The van der Waals surface area contributed by atoms with Crippen LogP contribution in [0.3, 0.4) is 0 Å². The lowest BCUT2D eigenvalue weighted by Gasteiger charge is -2.24. The maximum Gasteiger partial charge on any atom is 0.244 e. The van der Waals surface area contributed by atoms with Crippen LogP contribution in [-0.4, -0.2) is 44.9 Å². The van der Waals surface area contributed by atoms with Crippen molar-refractivity contribution in [3.63, 3.8) is 0 Å². The van der Waals surface area contributed by atoms with E-state index < -0.39 is 16.1 Å². The zero-order valence-corrected chi connectivity index (χ0v) is 17.0. The standard InChI is InChI=1S/C21H26N2O4S/c1-16-10-11-18(27-2)15-20(16)28(25,26)23-14-6-9-19(23)21(24)22-13-12-17-7-4-3-5-8-17/h3-5,7-8,10-11,15,19H,6,9,12-14H2,1-2H3,(H,22,24)/t19-/m1/s1. The van der Waals surface area contributed by atoms with Gasteiger partial charge in [-0.2, -0.15) is 4.31 Å². The molecule has 0 unspecified atom stereocenters. The maximum atomic E-state index is 13.2. The highest BCUT2D eigenvalue weighted by atomic mass is 32.2. The van der Waals surface area contributed by atoms with Gasteiger partial charge in [-0.3, -0.25) is 4.79 Å². The Kier molecular flexibility index (Phi) is 6.36. The van der Waals surface area contributed by atoms with Gasteiger partial charge in [0.15, 0.2) is 0 Å². The number of sulfonamides is 1. The van der Waals surface area contributed by atoms with Gasteiger partial charge in [-0.1, -0.05) is 36.4 Å². The normalized spacial score (nSPS) is 17.4. The Morgan fingerprint density at radius 3 is 2.68 bits per heavy atom. The summed E-state index contributed by atoms with van der Waals surface area (Å²) in [6.07, 6.45) is 1.90. The molecule has 0 aromatic heterocycles. The van der Waals surface area contributed by atoms with Gasteiger partial charge in [0.2, 0.25) is 15.9 Å². The lowest BCUT2D eigenvalue weighted by molar-refractivity contribution is -0.124. The Labute approximate surface area is 166 Å². The fourth-order valence-electron chi connectivity index (χ4n) is 3.49. The summed E-state index contributed by atoms with van der Waals surface area (Å²) in [6, 6.07) is 14.2. The summed E-state index contributed by atoms with van der Waals surface area (Å²) in [6.45, 7) is 2.57. The number of aryl methyl sites for hydroxylation is 1. The van der Waals surface area contributed by atoms with Crippen molar-refractivity contribution in [2.45, 2.75) is 37.1 Å². The van der Waals surface area contributed by atoms with Crippen LogP contribution in [0.1, 0.15) is 24.0 Å². The van der Waals surface area contributed by atoms with Crippen molar-refractivity contribution in [3.05, 3.63) is 59.7 Å². The van der Waals surface area contributed by atoms with Crippen molar-refractivity contribution in [2.24, 2.45) is 0 Å². The second-order valence-corrected chi connectivity index (χ2v) is 8.79. The molecule has 0 radical (unpaired) electrons. The van der Waals surface area contributed by atoms with Crippen LogP contribution in [0.4, 0.5) is 0 Å². The number of carbonyl (C=O) groups excluding carboxylic acids is 1. The van der Waals surface area contributed by atoms with Crippen LogP contribution < -0.4 is 10.1 Å². The molecule has 1 aliphatic heterocycles. The van der Waals surface area contributed by atoms with Gasteiger partial charge in [0.25, 0.3) is 0 Å². The van der Waals surface area contributed by atoms with Gasteiger partial charge in [-0.25, -0.2) is 8.42 Å². The monoisotopic (exact) mass is 402 g/mol. The number of hydrogen-bond donors (Lipinski definition) is 1. The van der Waals surface area contributed by atoms with Crippen LogP contribution in [0.5, 0.6) is 5.75 Å². The molecular weight excluding hydrogens is 376 g/mol. The van der Waals surface area contributed by atoms with E-state index in [1.807, 2.05) is 30.3 Å². The van der Waals surface area contributed by atoms with Crippen molar-refractivity contribution in [1.82, 2.24) is 9.62 Å². The molecule has 1 saturated heterocycles. The van der Waals surface area contributed by atoms with E-state index in [-0.39, 0.29) is 10.8 Å². The minimum absolute atomic E-state index is 0.191. The number of methoxy groups -OCH3 is 1. The van der Waals surface area contributed by atoms with Crippen LogP contribution in [-0.2, 0) is 21.2 Å². The van der Waals surface area contributed by atoms with Gasteiger partial charge in [0.1, 0.15) is 11.8 Å². The zero-order valence-electron chi connectivity index (χ0n) is 16.2. The number of amides is 1. The van der Waals surface area contributed by atoms with E-state index in [0.29, 0.717) is 43.7 Å².